The fourth-order valence-electron chi connectivity index (χ4n) is 6.57. The summed E-state index contributed by atoms with van der Waals surface area (Å²) >= 11 is 0. The maximum absolute atomic E-state index is 13.6. The number of aliphatic hydroxyl groups is 2. The van der Waals surface area contributed by atoms with Gasteiger partial charge in [0.05, 0.1) is 35.9 Å². The molecular formula is C32H55NO10. The van der Waals surface area contributed by atoms with Crippen molar-refractivity contribution in [3.63, 3.8) is 0 Å². The molecule has 0 spiro atoms. The third-order valence-corrected chi connectivity index (χ3v) is 9.14. The summed E-state index contributed by atoms with van der Waals surface area (Å²) in [5, 5.41) is 22.8. The van der Waals surface area contributed by atoms with E-state index >= 15 is 0 Å². The number of methoxy groups -OCH3 is 1. The number of ether oxygens (including phenoxy) is 5. The Morgan fingerprint density at radius 1 is 1.16 bits per heavy atom. The van der Waals surface area contributed by atoms with Crippen LogP contribution >= 0.6 is 0 Å². The van der Waals surface area contributed by atoms with Crippen LogP contribution in [0.15, 0.2) is 11.6 Å². The highest BCUT2D eigenvalue weighted by atomic mass is 16.7. The first kappa shape index (κ1) is 37.3. The number of aliphatic hydroxyl groups excluding tert-OH is 1. The quantitative estimate of drug-likeness (QED) is 0.427. The van der Waals surface area contributed by atoms with Gasteiger partial charge in [-0.25, -0.2) is 0 Å². The number of carbonyl (C=O) groups is 3. The van der Waals surface area contributed by atoms with E-state index in [1.807, 2.05) is 25.9 Å². The predicted octanol–water partition coefficient (Wildman–Crippen LogP) is 3.03. The summed E-state index contributed by atoms with van der Waals surface area (Å²) < 4.78 is 30.4. The fraction of sp³-hybridized carbons (Fsp3) is 0.844. The Morgan fingerprint density at radius 2 is 1.77 bits per heavy atom. The second kappa shape index (κ2) is 14.9. The lowest BCUT2D eigenvalue weighted by Crippen LogP contribution is -2.60. The fourth-order valence-corrected chi connectivity index (χ4v) is 6.57. The predicted molar refractivity (Wildman–Crippen MR) is 160 cm³/mol. The van der Waals surface area contributed by atoms with Crippen LogP contribution in [0.1, 0.15) is 81.6 Å². The highest BCUT2D eigenvalue weighted by molar-refractivity contribution is 5.96. The van der Waals surface area contributed by atoms with Crippen molar-refractivity contribution in [3.8, 4) is 0 Å². The molecule has 0 aromatic rings. The average molecular weight is 614 g/mol. The Bertz CT molecular complexity index is 1010. The molecule has 0 aromatic heterocycles. The van der Waals surface area contributed by atoms with Crippen molar-refractivity contribution < 1.29 is 48.3 Å². The van der Waals surface area contributed by atoms with E-state index in [0.29, 0.717) is 18.4 Å². The van der Waals surface area contributed by atoms with Crippen LogP contribution in [0, 0.1) is 17.8 Å². The van der Waals surface area contributed by atoms with Crippen molar-refractivity contribution in [2.24, 2.45) is 17.8 Å². The molecule has 0 saturated carbocycles. The lowest BCUT2D eigenvalue weighted by atomic mass is 9.76. The van der Waals surface area contributed by atoms with Crippen molar-refractivity contribution in [1.29, 1.82) is 0 Å². The van der Waals surface area contributed by atoms with Gasteiger partial charge in [0, 0.05) is 25.9 Å². The van der Waals surface area contributed by atoms with Crippen LogP contribution in [0.4, 0.5) is 0 Å². The molecule has 1 saturated heterocycles. The van der Waals surface area contributed by atoms with Gasteiger partial charge in [0.25, 0.3) is 0 Å². The van der Waals surface area contributed by atoms with E-state index < -0.39 is 71.6 Å². The Balaban J connectivity index is 2.67. The molecule has 43 heavy (non-hydrogen) atoms. The van der Waals surface area contributed by atoms with Crippen LogP contribution in [0.3, 0.4) is 0 Å². The second-order valence-electron chi connectivity index (χ2n) is 13.2. The zero-order valence-corrected chi connectivity index (χ0v) is 28.1. The number of rotatable bonds is 6. The van der Waals surface area contributed by atoms with Crippen molar-refractivity contribution in [3.05, 3.63) is 11.6 Å². The number of hydrogen-bond donors (Lipinski definition) is 2. The minimum atomic E-state index is -1.61. The number of Topliss-reactive ketones (excluding diaryl/α,β-unsaturated/α-hetero) is 1. The number of carbonyl (C=O) groups excluding carboxylic acids is 3. The molecule has 0 aromatic carbocycles. The molecule has 12 atom stereocenters. The van der Waals surface area contributed by atoms with Crippen LogP contribution < -0.4 is 0 Å². The van der Waals surface area contributed by atoms with Gasteiger partial charge in [-0.1, -0.05) is 20.8 Å². The van der Waals surface area contributed by atoms with Crippen molar-refractivity contribution in [1.82, 2.24) is 4.90 Å². The van der Waals surface area contributed by atoms with Gasteiger partial charge in [-0.15, -0.1) is 0 Å². The van der Waals surface area contributed by atoms with E-state index in [2.05, 4.69) is 0 Å². The molecular weight excluding hydrogens is 558 g/mol. The third-order valence-electron chi connectivity index (χ3n) is 9.14. The summed E-state index contributed by atoms with van der Waals surface area (Å²) in [6, 6.07) is -0.217. The van der Waals surface area contributed by atoms with E-state index in [-0.39, 0.29) is 24.3 Å². The second-order valence-corrected chi connectivity index (χ2v) is 13.2. The topological polar surface area (TPSA) is 141 Å². The van der Waals surface area contributed by atoms with Gasteiger partial charge in [-0.05, 0) is 79.6 Å². The van der Waals surface area contributed by atoms with Crippen LogP contribution in [0.2, 0.25) is 0 Å². The molecule has 2 aliphatic rings. The number of esters is 2. The molecule has 0 radical (unpaired) electrons. The normalized spacial score (nSPS) is 42.2. The van der Waals surface area contributed by atoms with Crippen molar-refractivity contribution in [2.75, 3.05) is 21.2 Å². The summed E-state index contributed by atoms with van der Waals surface area (Å²) in [5.74, 6) is -3.71. The average Bonchev–Trinajstić information content (AvgIpc) is 2.92. The molecule has 0 aliphatic carbocycles. The van der Waals surface area contributed by atoms with Crippen molar-refractivity contribution >= 4 is 17.7 Å². The van der Waals surface area contributed by atoms with Crippen LogP contribution in [0.5, 0.6) is 0 Å². The van der Waals surface area contributed by atoms with Gasteiger partial charge in [0.15, 0.2) is 18.2 Å². The summed E-state index contributed by atoms with van der Waals surface area (Å²) in [6.45, 7) is 15.0. The molecule has 2 N–H and O–H groups in total. The standard InChI is InChI=1S/C32H55NO10/c1-13-24-31(8,38)15-17(2)25(35)18(3)16-32(9,39-12)28(20(5)26(36)21(6)29(37)42-24)43-30-27(41-22(7)34)23(33(10)11)14-19(4)40-30/h15,18-21,23-24,26-28,30,36,38H,13-14,16H2,1-12H3/t18-,19-,20+,21-,23+,24-,26+,27-,28-,30+,31+,32+/m1/s1. The van der Waals surface area contributed by atoms with Crippen LogP contribution in [0.25, 0.3) is 0 Å². The number of hydrogen-bond acceptors (Lipinski definition) is 11. The summed E-state index contributed by atoms with van der Waals surface area (Å²) in [6.07, 6.45) is -2.68. The minimum absolute atomic E-state index is 0.186. The maximum Gasteiger partial charge on any atom is 0.311 e. The van der Waals surface area contributed by atoms with Crippen LogP contribution in [-0.2, 0) is 38.1 Å². The minimum Gasteiger partial charge on any atom is -0.459 e. The highest BCUT2D eigenvalue weighted by Crippen LogP contribution is 2.38. The van der Waals surface area contributed by atoms with Gasteiger partial charge < -0.3 is 38.8 Å². The van der Waals surface area contributed by atoms with E-state index in [4.69, 9.17) is 23.7 Å². The molecule has 0 bridgehead atoms. The summed E-state index contributed by atoms with van der Waals surface area (Å²) in [5.41, 5.74) is -2.45. The molecule has 2 aliphatic heterocycles. The van der Waals surface area contributed by atoms with Crippen molar-refractivity contribution in [2.45, 2.75) is 136 Å². The summed E-state index contributed by atoms with van der Waals surface area (Å²) in [4.78, 5) is 41.0. The molecule has 11 nitrogen and oxygen atoms in total. The Hall–Kier alpha value is -1.89. The van der Waals surface area contributed by atoms with E-state index in [1.165, 1.54) is 27.0 Å². The van der Waals surface area contributed by atoms with Gasteiger partial charge in [-0.2, -0.15) is 0 Å². The lowest BCUT2D eigenvalue weighted by Gasteiger charge is -2.48. The number of cyclic esters (lactones) is 1. The molecule has 2 rings (SSSR count). The molecule has 11 heteroatoms. The van der Waals surface area contributed by atoms with E-state index in [1.54, 1.807) is 41.5 Å². The number of nitrogens with zero attached hydrogens (tertiary/aromatic N) is 1. The van der Waals surface area contributed by atoms with Gasteiger partial charge in [0.2, 0.25) is 0 Å². The maximum atomic E-state index is 13.6. The molecule has 1 fully saturated rings. The Kier molecular flexibility index (Phi) is 12.9. The summed E-state index contributed by atoms with van der Waals surface area (Å²) in [7, 11) is 5.28. The highest BCUT2D eigenvalue weighted by Gasteiger charge is 2.50. The molecule has 0 amide bonds. The first-order valence-corrected chi connectivity index (χ1v) is 15.3. The monoisotopic (exact) mass is 613 g/mol. The van der Waals surface area contributed by atoms with Gasteiger partial charge >= 0.3 is 11.9 Å². The largest absolute Gasteiger partial charge is 0.459 e. The smallest absolute Gasteiger partial charge is 0.311 e. The molecule has 0 unspecified atom stereocenters. The lowest BCUT2D eigenvalue weighted by molar-refractivity contribution is -0.303. The SMILES string of the molecule is CC[C@H]1OC(=O)[C@H](C)[C@@H](O)[C@H](C)[C@@H](O[C@@H]2O[C@H](C)C[C@H](N(C)C)[C@H]2OC(C)=O)[C@@](C)(OC)C[C@@H](C)C(=O)C(C)=C[C@]1(C)O. The van der Waals surface area contributed by atoms with Gasteiger partial charge in [0.1, 0.15) is 11.7 Å². The van der Waals surface area contributed by atoms with E-state index in [0.717, 1.165) is 0 Å². The Labute approximate surface area is 257 Å². The number of allylic oxidation sites excluding steroid dienone is 1. The van der Waals surface area contributed by atoms with Crippen LogP contribution in [-0.4, -0.2) is 108 Å². The molecule has 2 heterocycles. The Morgan fingerprint density at radius 3 is 2.28 bits per heavy atom. The first-order chi connectivity index (χ1) is 19.8. The first-order valence-electron chi connectivity index (χ1n) is 15.3. The van der Waals surface area contributed by atoms with E-state index in [9.17, 15) is 24.6 Å². The number of ketones is 1. The van der Waals surface area contributed by atoms with Gasteiger partial charge in [-0.3, -0.25) is 14.4 Å². The number of likely N-dealkylation sites (N-methyl/N-ethyl adjacent to an activating group) is 1. The zero-order valence-electron chi connectivity index (χ0n) is 28.1. The molecule has 248 valence electrons. The third kappa shape index (κ3) is 8.85. The zero-order chi connectivity index (χ0) is 33.0.